The molecule has 112 valence electrons. The number of benzene rings is 1. The van der Waals surface area contributed by atoms with E-state index >= 15 is 0 Å². The molecule has 2 unspecified atom stereocenters. The molecule has 1 saturated carbocycles. The third kappa shape index (κ3) is 2.84. The molecule has 1 aromatic carbocycles. The minimum atomic E-state index is -4.09. The monoisotopic (exact) mass is 305 g/mol. The lowest BCUT2D eigenvalue weighted by Gasteiger charge is -2.34. The Bertz CT molecular complexity index is 591. The van der Waals surface area contributed by atoms with Crippen LogP contribution in [0.5, 0.6) is 0 Å². The molecule has 1 N–H and O–H groups in total. The second-order valence-electron chi connectivity index (χ2n) is 5.02. The van der Waals surface area contributed by atoms with Gasteiger partial charge >= 0.3 is 0 Å². The van der Waals surface area contributed by atoms with E-state index in [0.29, 0.717) is 18.9 Å². The lowest BCUT2D eigenvalue weighted by Crippen LogP contribution is -2.46. The quantitative estimate of drug-likeness (QED) is 0.928. The maximum atomic E-state index is 13.7. The van der Waals surface area contributed by atoms with Crippen LogP contribution in [0.2, 0.25) is 0 Å². The van der Waals surface area contributed by atoms with Crippen molar-refractivity contribution >= 4 is 10.0 Å². The minimum Gasteiger partial charge on any atom is -0.391 e. The normalized spacial score (nSPS) is 24.1. The van der Waals surface area contributed by atoms with Gasteiger partial charge in [-0.3, -0.25) is 0 Å². The van der Waals surface area contributed by atoms with Crippen LogP contribution in [0.4, 0.5) is 8.78 Å². The largest absolute Gasteiger partial charge is 0.391 e. The average molecular weight is 305 g/mol. The SMILES string of the molecule is CN(C1CCCCC1O)S(=O)(=O)c1ccc(F)cc1F. The number of sulfonamides is 1. The number of aliphatic hydroxyl groups excluding tert-OH is 1. The Labute approximate surface area is 117 Å². The van der Waals surface area contributed by atoms with Crippen LogP contribution >= 0.6 is 0 Å². The minimum absolute atomic E-state index is 0.524. The summed E-state index contributed by atoms with van der Waals surface area (Å²) in [5, 5.41) is 9.90. The summed E-state index contributed by atoms with van der Waals surface area (Å²) in [5.74, 6) is -1.95. The Balaban J connectivity index is 2.33. The summed E-state index contributed by atoms with van der Waals surface area (Å²) in [6.07, 6.45) is 1.95. The summed E-state index contributed by atoms with van der Waals surface area (Å²) in [5.41, 5.74) is 0. The van der Waals surface area contributed by atoms with Crippen molar-refractivity contribution in [2.24, 2.45) is 0 Å². The summed E-state index contributed by atoms with van der Waals surface area (Å²) in [6, 6.07) is 1.78. The van der Waals surface area contributed by atoms with Gasteiger partial charge in [-0.1, -0.05) is 12.8 Å². The van der Waals surface area contributed by atoms with Crippen LogP contribution in [0, 0.1) is 11.6 Å². The lowest BCUT2D eigenvalue weighted by atomic mass is 9.93. The molecule has 0 amide bonds. The Morgan fingerprint density at radius 3 is 2.50 bits per heavy atom. The molecule has 0 saturated heterocycles. The van der Waals surface area contributed by atoms with Crippen LogP contribution in [-0.4, -0.2) is 37.0 Å². The van der Waals surface area contributed by atoms with Crippen LogP contribution < -0.4 is 0 Å². The fourth-order valence-electron chi connectivity index (χ4n) is 2.53. The van der Waals surface area contributed by atoms with Gasteiger partial charge in [0, 0.05) is 13.1 Å². The van der Waals surface area contributed by atoms with Crippen molar-refractivity contribution in [1.82, 2.24) is 4.31 Å². The fraction of sp³-hybridized carbons (Fsp3) is 0.538. The van der Waals surface area contributed by atoms with E-state index in [1.807, 2.05) is 0 Å². The van der Waals surface area contributed by atoms with E-state index in [-0.39, 0.29) is 0 Å². The Hall–Kier alpha value is -1.05. The van der Waals surface area contributed by atoms with Crippen molar-refractivity contribution in [3.63, 3.8) is 0 Å². The third-order valence-corrected chi connectivity index (χ3v) is 5.63. The van der Waals surface area contributed by atoms with Gasteiger partial charge < -0.3 is 5.11 Å². The fourth-order valence-corrected chi connectivity index (χ4v) is 3.99. The van der Waals surface area contributed by atoms with Gasteiger partial charge in [-0.25, -0.2) is 17.2 Å². The number of halogens is 2. The standard InChI is InChI=1S/C13H17F2NO3S/c1-16(11-4-2-3-5-12(11)17)20(18,19)13-7-6-9(14)8-10(13)15/h6-8,11-12,17H,2-5H2,1H3. The first-order valence-corrected chi connectivity index (χ1v) is 7.89. The van der Waals surface area contributed by atoms with E-state index < -0.39 is 38.7 Å². The molecular weight excluding hydrogens is 288 g/mol. The average Bonchev–Trinajstić information content (AvgIpc) is 2.38. The number of rotatable bonds is 3. The van der Waals surface area contributed by atoms with E-state index in [4.69, 9.17) is 0 Å². The topological polar surface area (TPSA) is 57.6 Å². The predicted molar refractivity (Wildman–Crippen MR) is 69.6 cm³/mol. The van der Waals surface area contributed by atoms with Crippen LogP contribution in [0.1, 0.15) is 25.7 Å². The summed E-state index contributed by atoms with van der Waals surface area (Å²) in [6.45, 7) is 0. The highest BCUT2D eigenvalue weighted by Gasteiger charge is 2.35. The molecule has 0 radical (unpaired) electrons. The molecule has 1 aliphatic rings. The second-order valence-corrected chi connectivity index (χ2v) is 6.98. The van der Waals surface area contributed by atoms with Crippen molar-refractivity contribution in [2.75, 3.05) is 7.05 Å². The van der Waals surface area contributed by atoms with E-state index in [2.05, 4.69) is 0 Å². The smallest absolute Gasteiger partial charge is 0.246 e. The van der Waals surface area contributed by atoms with Gasteiger partial charge in [0.15, 0.2) is 0 Å². The zero-order chi connectivity index (χ0) is 14.9. The van der Waals surface area contributed by atoms with Crippen molar-refractivity contribution in [1.29, 1.82) is 0 Å². The third-order valence-electron chi connectivity index (χ3n) is 3.71. The molecule has 1 fully saturated rings. The molecule has 20 heavy (non-hydrogen) atoms. The molecule has 1 aliphatic carbocycles. The van der Waals surface area contributed by atoms with Gasteiger partial charge in [0.05, 0.1) is 12.1 Å². The number of hydrogen-bond donors (Lipinski definition) is 1. The van der Waals surface area contributed by atoms with E-state index in [9.17, 15) is 22.3 Å². The number of nitrogens with zero attached hydrogens (tertiary/aromatic N) is 1. The highest BCUT2D eigenvalue weighted by molar-refractivity contribution is 7.89. The Kier molecular flexibility index (Phi) is 4.41. The second kappa shape index (κ2) is 5.75. The van der Waals surface area contributed by atoms with Crippen molar-refractivity contribution in [2.45, 2.75) is 42.7 Å². The summed E-state index contributed by atoms with van der Waals surface area (Å²) in [4.78, 5) is -0.570. The Morgan fingerprint density at radius 1 is 1.25 bits per heavy atom. The number of hydrogen-bond acceptors (Lipinski definition) is 3. The van der Waals surface area contributed by atoms with Crippen molar-refractivity contribution < 1.29 is 22.3 Å². The highest BCUT2D eigenvalue weighted by atomic mass is 32.2. The van der Waals surface area contributed by atoms with Crippen LogP contribution in [0.25, 0.3) is 0 Å². The molecule has 4 nitrogen and oxygen atoms in total. The van der Waals surface area contributed by atoms with Gasteiger partial charge in [-0.15, -0.1) is 0 Å². The maximum absolute atomic E-state index is 13.7. The molecule has 0 spiro atoms. The zero-order valence-corrected chi connectivity index (χ0v) is 11.9. The molecule has 0 heterocycles. The predicted octanol–water partition coefficient (Wildman–Crippen LogP) is 1.89. The van der Waals surface area contributed by atoms with Crippen LogP contribution in [-0.2, 0) is 10.0 Å². The van der Waals surface area contributed by atoms with Crippen molar-refractivity contribution in [3.05, 3.63) is 29.8 Å². The van der Waals surface area contributed by atoms with Gasteiger partial charge in [-0.05, 0) is 25.0 Å². The first kappa shape index (κ1) is 15.3. The van der Waals surface area contributed by atoms with E-state index in [1.165, 1.54) is 7.05 Å². The summed E-state index contributed by atoms with van der Waals surface area (Å²) in [7, 11) is -2.77. The van der Waals surface area contributed by atoms with Gasteiger partial charge in [-0.2, -0.15) is 4.31 Å². The molecule has 1 aromatic rings. The highest BCUT2D eigenvalue weighted by Crippen LogP contribution is 2.28. The molecule has 2 atom stereocenters. The van der Waals surface area contributed by atoms with Crippen LogP contribution in [0.15, 0.2) is 23.1 Å². The van der Waals surface area contributed by atoms with E-state index in [1.54, 1.807) is 0 Å². The molecule has 0 bridgehead atoms. The Morgan fingerprint density at radius 2 is 1.90 bits per heavy atom. The first-order chi connectivity index (χ1) is 9.34. The van der Waals surface area contributed by atoms with Gasteiger partial charge in [0.1, 0.15) is 16.5 Å². The molecule has 7 heteroatoms. The number of likely N-dealkylation sites (N-methyl/N-ethyl adjacent to an activating group) is 1. The number of aliphatic hydroxyl groups is 1. The summed E-state index contributed by atoms with van der Waals surface area (Å²) < 4.78 is 52.2. The first-order valence-electron chi connectivity index (χ1n) is 6.45. The lowest BCUT2D eigenvalue weighted by molar-refractivity contribution is 0.0637. The molecule has 0 aliphatic heterocycles. The molecular formula is C13H17F2NO3S. The van der Waals surface area contributed by atoms with Gasteiger partial charge in [0.2, 0.25) is 10.0 Å². The summed E-state index contributed by atoms with van der Waals surface area (Å²) >= 11 is 0. The van der Waals surface area contributed by atoms with E-state index in [0.717, 1.165) is 29.3 Å². The maximum Gasteiger partial charge on any atom is 0.246 e. The van der Waals surface area contributed by atoms with Gasteiger partial charge in [0.25, 0.3) is 0 Å². The van der Waals surface area contributed by atoms with Crippen molar-refractivity contribution in [3.8, 4) is 0 Å². The molecule has 0 aromatic heterocycles. The molecule has 2 rings (SSSR count). The van der Waals surface area contributed by atoms with Crippen LogP contribution in [0.3, 0.4) is 0 Å². The zero-order valence-electron chi connectivity index (χ0n) is 11.1.